The predicted molar refractivity (Wildman–Crippen MR) is 95.6 cm³/mol. The van der Waals surface area contributed by atoms with Crippen LogP contribution in [-0.2, 0) is 0 Å². The molecule has 1 atom stereocenters. The molecule has 21 heavy (non-hydrogen) atoms. The number of hydrogen-bond acceptors (Lipinski definition) is 0. The quantitative estimate of drug-likeness (QED) is 0.542. The maximum absolute atomic E-state index is 2.46. The highest BCUT2D eigenvalue weighted by molar-refractivity contribution is 5.27. The van der Waals surface area contributed by atoms with Crippen LogP contribution in [0.1, 0.15) is 57.6 Å². The van der Waals surface area contributed by atoms with Crippen LogP contribution in [0.25, 0.3) is 0 Å². The summed E-state index contributed by atoms with van der Waals surface area (Å²) in [5, 5.41) is 0. The molecule has 1 aromatic rings. The number of allylic oxidation sites excluding steroid dienone is 4. The van der Waals surface area contributed by atoms with Gasteiger partial charge in [-0.05, 0) is 50.5 Å². The van der Waals surface area contributed by atoms with E-state index in [1.165, 1.54) is 36.8 Å². The molecule has 1 saturated carbocycles. The first-order chi connectivity index (χ1) is 10.1. The fraction of sp³-hybridized carbons (Fsp3) is 0.524. The number of benzene rings is 1. The summed E-state index contributed by atoms with van der Waals surface area (Å²) in [6.45, 7) is 10.5. The first-order valence-electron chi connectivity index (χ1n) is 8.56. The van der Waals surface area contributed by atoms with Gasteiger partial charge >= 0.3 is 0 Å². The van der Waals surface area contributed by atoms with Crippen LogP contribution in [0, 0.1) is 25.7 Å². The van der Waals surface area contributed by atoms with E-state index in [1.54, 1.807) is 5.57 Å². The molecule has 0 heterocycles. The first-order valence-corrected chi connectivity index (χ1v) is 8.56. The third-order valence-corrected chi connectivity index (χ3v) is 4.05. The Balaban J connectivity index is 0.000000196. The molecule has 0 N–H and O–H groups in total. The van der Waals surface area contributed by atoms with E-state index in [0.717, 1.165) is 11.8 Å². The van der Waals surface area contributed by atoms with Crippen LogP contribution >= 0.6 is 0 Å². The summed E-state index contributed by atoms with van der Waals surface area (Å²) in [5.74, 6) is 1.71. The van der Waals surface area contributed by atoms with Crippen molar-refractivity contribution in [1.82, 2.24) is 0 Å². The molecule has 0 radical (unpaired) electrons. The van der Waals surface area contributed by atoms with E-state index in [2.05, 4.69) is 63.3 Å². The van der Waals surface area contributed by atoms with E-state index in [1.807, 2.05) is 13.8 Å². The zero-order valence-corrected chi connectivity index (χ0v) is 14.5. The van der Waals surface area contributed by atoms with Crippen LogP contribution in [0.2, 0.25) is 0 Å². The fourth-order valence-electron chi connectivity index (χ4n) is 2.69. The molecule has 0 heteroatoms. The molecule has 0 spiro atoms. The smallest absolute Gasteiger partial charge is 0.0165 e. The van der Waals surface area contributed by atoms with Gasteiger partial charge in [-0.15, -0.1) is 0 Å². The second-order valence-electron chi connectivity index (χ2n) is 6.07. The van der Waals surface area contributed by atoms with Crippen molar-refractivity contribution in [1.29, 1.82) is 0 Å². The average molecular weight is 284 g/mol. The minimum Gasteiger partial charge on any atom is -0.0837 e. The van der Waals surface area contributed by atoms with E-state index >= 15 is 0 Å². The minimum absolute atomic E-state index is 0.788. The number of rotatable bonds is 1. The van der Waals surface area contributed by atoms with Gasteiger partial charge in [0.05, 0.1) is 0 Å². The zero-order valence-electron chi connectivity index (χ0n) is 14.5. The highest BCUT2D eigenvalue weighted by atomic mass is 14.3. The second kappa shape index (κ2) is 9.60. The second-order valence-corrected chi connectivity index (χ2v) is 6.07. The highest BCUT2D eigenvalue weighted by Crippen LogP contribution is 2.36. The fourth-order valence-corrected chi connectivity index (χ4v) is 2.69. The van der Waals surface area contributed by atoms with Crippen LogP contribution in [0.5, 0.6) is 0 Å². The van der Waals surface area contributed by atoms with Gasteiger partial charge in [0, 0.05) is 0 Å². The van der Waals surface area contributed by atoms with Crippen LogP contribution in [0.3, 0.4) is 0 Å². The van der Waals surface area contributed by atoms with E-state index in [-0.39, 0.29) is 0 Å². The van der Waals surface area contributed by atoms with Crippen molar-refractivity contribution < 1.29 is 0 Å². The Morgan fingerprint density at radius 2 is 1.62 bits per heavy atom. The molecule has 0 bridgehead atoms. The van der Waals surface area contributed by atoms with Gasteiger partial charge in [0.1, 0.15) is 0 Å². The van der Waals surface area contributed by atoms with Crippen molar-refractivity contribution in [3.05, 3.63) is 59.2 Å². The zero-order chi connectivity index (χ0) is 15.7. The summed E-state index contributed by atoms with van der Waals surface area (Å²) in [7, 11) is 0. The first kappa shape index (κ1) is 17.8. The molecular formula is C21H32. The monoisotopic (exact) mass is 284 g/mol. The van der Waals surface area contributed by atoms with Crippen molar-refractivity contribution in [2.24, 2.45) is 11.8 Å². The molecule has 0 aliphatic heterocycles. The van der Waals surface area contributed by atoms with Gasteiger partial charge < -0.3 is 0 Å². The molecular weight excluding hydrogens is 252 g/mol. The van der Waals surface area contributed by atoms with Gasteiger partial charge in [0.15, 0.2) is 0 Å². The molecule has 1 aromatic carbocycles. The van der Waals surface area contributed by atoms with Gasteiger partial charge in [-0.1, -0.05) is 80.8 Å². The van der Waals surface area contributed by atoms with Crippen molar-refractivity contribution in [3.8, 4) is 0 Å². The average Bonchev–Trinajstić information content (AvgIpc) is 2.39. The number of aryl methyl sites for hydroxylation is 2. The van der Waals surface area contributed by atoms with Crippen molar-refractivity contribution >= 4 is 0 Å². The Labute approximate surface area is 132 Å². The van der Waals surface area contributed by atoms with Crippen LogP contribution in [-0.4, -0.2) is 0 Å². The van der Waals surface area contributed by atoms with Gasteiger partial charge in [0.2, 0.25) is 0 Å². The highest BCUT2D eigenvalue weighted by Gasteiger charge is 2.21. The molecule has 116 valence electrons. The Hall–Kier alpha value is -1.30. The lowest BCUT2D eigenvalue weighted by atomic mass is 9.77. The SMILES string of the molecule is CC.CC1C=C(C2CCC2)C=CC1.Cc1cccc(C)c1. The Bertz CT molecular complexity index is 443. The van der Waals surface area contributed by atoms with E-state index in [0.29, 0.717) is 0 Å². The van der Waals surface area contributed by atoms with Crippen LogP contribution in [0.15, 0.2) is 48.1 Å². The van der Waals surface area contributed by atoms with Crippen molar-refractivity contribution in [2.45, 2.75) is 60.3 Å². The molecule has 1 fully saturated rings. The summed E-state index contributed by atoms with van der Waals surface area (Å²) in [6.07, 6.45) is 12.7. The Morgan fingerprint density at radius 1 is 1.00 bits per heavy atom. The molecule has 0 aromatic heterocycles. The van der Waals surface area contributed by atoms with E-state index in [4.69, 9.17) is 0 Å². The summed E-state index contributed by atoms with van der Waals surface area (Å²) in [5.41, 5.74) is 4.30. The molecule has 1 unspecified atom stereocenters. The van der Waals surface area contributed by atoms with Gasteiger partial charge in [-0.2, -0.15) is 0 Å². The molecule has 0 nitrogen and oxygen atoms in total. The summed E-state index contributed by atoms with van der Waals surface area (Å²) < 4.78 is 0. The third kappa shape index (κ3) is 6.33. The van der Waals surface area contributed by atoms with Crippen LogP contribution < -0.4 is 0 Å². The van der Waals surface area contributed by atoms with Gasteiger partial charge in [-0.25, -0.2) is 0 Å². The lowest BCUT2D eigenvalue weighted by Crippen LogP contribution is -2.14. The lowest BCUT2D eigenvalue weighted by Gasteiger charge is -2.28. The topological polar surface area (TPSA) is 0 Å². The maximum atomic E-state index is 2.46. The molecule has 2 aliphatic carbocycles. The normalized spacial score (nSPS) is 20.2. The summed E-state index contributed by atoms with van der Waals surface area (Å²) in [4.78, 5) is 0. The van der Waals surface area contributed by atoms with Gasteiger partial charge in [-0.3, -0.25) is 0 Å². The molecule has 2 aliphatic rings. The standard InChI is InChI=1S/C11H16.C8H10.C2H6/c1-9-4-2-7-11(8-9)10-5-3-6-10;1-7-4-3-5-8(2)6-7;1-2/h2,7-10H,3-6H2,1H3;3-6H,1-2H3;1-2H3. The predicted octanol–water partition coefficient (Wildman–Crippen LogP) is 6.64. The lowest BCUT2D eigenvalue weighted by molar-refractivity contribution is 0.370. The maximum Gasteiger partial charge on any atom is -0.0165 e. The van der Waals surface area contributed by atoms with Crippen molar-refractivity contribution in [3.63, 3.8) is 0 Å². The number of hydrogen-bond donors (Lipinski definition) is 0. The molecule has 0 amide bonds. The third-order valence-electron chi connectivity index (χ3n) is 4.05. The van der Waals surface area contributed by atoms with Crippen LogP contribution in [0.4, 0.5) is 0 Å². The van der Waals surface area contributed by atoms with E-state index in [9.17, 15) is 0 Å². The largest absolute Gasteiger partial charge is 0.0837 e. The summed E-state index contributed by atoms with van der Waals surface area (Å²) in [6, 6.07) is 8.45. The van der Waals surface area contributed by atoms with E-state index < -0.39 is 0 Å². The minimum atomic E-state index is 0.788. The molecule has 0 saturated heterocycles. The Morgan fingerprint density at radius 3 is 2.00 bits per heavy atom. The Kier molecular flexibility index (Phi) is 8.12. The summed E-state index contributed by atoms with van der Waals surface area (Å²) >= 11 is 0. The van der Waals surface area contributed by atoms with Crippen molar-refractivity contribution in [2.75, 3.05) is 0 Å². The van der Waals surface area contributed by atoms with Gasteiger partial charge in [0.25, 0.3) is 0 Å². The molecule has 3 rings (SSSR count).